The van der Waals surface area contributed by atoms with Crippen molar-refractivity contribution in [3.63, 3.8) is 0 Å². The fraction of sp³-hybridized carbons (Fsp3) is 0.526. The zero-order valence-corrected chi connectivity index (χ0v) is 17.4. The monoisotopic (exact) mass is 394 g/mol. The molecule has 2 aromatic rings. The maximum absolute atomic E-state index is 13.3. The average Bonchev–Trinajstić information content (AvgIpc) is 3.03. The van der Waals surface area contributed by atoms with Crippen molar-refractivity contribution in [3.05, 3.63) is 35.9 Å². The number of nitrogens with zero attached hydrogens (tertiary/aromatic N) is 3. The zero-order valence-electron chi connectivity index (χ0n) is 16.6. The van der Waals surface area contributed by atoms with E-state index in [1.807, 2.05) is 18.7 Å². The van der Waals surface area contributed by atoms with Gasteiger partial charge in [-0.15, -0.1) is 10.2 Å². The number of hydrogen-bond acceptors (Lipinski definition) is 4. The van der Waals surface area contributed by atoms with Crippen molar-refractivity contribution >= 4 is 17.7 Å². The summed E-state index contributed by atoms with van der Waals surface area (Å²) in [6.45, 7) is 6.99. The van der Waals surface area contributed by atoms with Crippen LogP contribution in [-0.2, 0) is 4.79 Å². The molecule has 0 saturated carbocycles. The summed E-state index contributed by atoms with van der Waals surface area (Å²) in [5.41, 5.74) is 0.784. The second kappa shape index (κ2) is 9.85. The number of nitrogens with one attached hydrogen (secondary N) is 2. The maximum Gasteiger partial charge on any atom is 0.230 e. The van der Waals surface area contributed by atoms with Crippen LogP contribution in [0.2, 0.25) is 0 Å². The van der Waals surface area contributed by atoms with Gasteiger partial charge in [-0.3, -0.25) is 9.36 Å². The molecule has 8 heteroatoms. The first-order chi connectivity index (χ1) is 12.8. The minimum absolute atomic E-state index is 0.0258. The Morgan fingerprint density at radius 2 is 1.89 bits per heavy atom. The van der Waals surface area contributed by atoms with Crippen LogP contribution < -0.4 is 10.2 Å². The topological polar surface area (TPSA) is 64.2 Å². The highest BCUT2D eigenvalue weighted by Gasteiger charge is 2.23. The smallest absolute Gasteiger partial charge is 0.230 e. The number of benzene rings is 1. The van der Waals surface area contributed by atoms with Crippen molar-refractivity contribution in [2.24, 2.45) is 5.92 Å². The van der Waals surface area contributed by atoms with Gasteiger partial charge >= 0.3 is 0 Å². The minimum Gasteiger partial charge on any atom is -0.355 e. The summed E-state index contributed by atoms with van der Waals surface area (Å²) in [5.74, 6) is 1.28. The first kappa shape index (κ1) is 21.4. The Balaban J connectivity index is 2.18. The third-order valence-corrected chi connectivity index (χ3v) is 5.30. The van der Waals surface area contributed by atoms with Gasteiger partial charge in [-0.2, -0.15) is 0 Å². The standard InChI is InChI=1S/C19H28FN5OS/c1-13(2)10-11-21-17(26)12-27-19-23-22-18(14(3)24(4)5)25(19)16-8-6-15(20)7-9-16/h6-9,13-14H,10-12H2,1-5H3,(H,21,26)/p+1/t14-/m1/s1. The normalized spacial score (nSPS) is 12.6. The van der Waals surface area contributed by atoms with Crippen LogP contribution in [0, 0.1) is 11.7 Å². The van der Waals surface area contributed by atoms with Gasteiger partial charge in [0.25, 0.3) is 0 Å². The number of carbonyl (C=O) groups excluding carboxylic acids is 1. The van der Waals surface area contributed by atoms with Gasteiger partial charge in [0.1, 0.15) is 11.9 Å². The molecule has 1 amide bonds. The van der Waals surface area contributed by atoms with Crippen LogP contribution in [0.3, 0.4) is 0 Å². The van der Waals surface area contributed by atoms with E-state index in [0.717, 1.165) is 17.9 Å². The van der Waals surface area contributed by atoms with Gasteiger partial charge in [0.05, 0.1) is 19.8 Å². The first-order valence-corrected chi connectivity index (χ1v) is 10.2. The number of amides is 1. The van der Waals surface area contributed by atoms with Crippen LogP contribution in [0.5, 0.6) is 0 Å². The molecule has 0 spiro atoms. The molecule has 27 heavy (non-hydrogen) atoms. The Bertz CT molecular complexity index is 745. The quantitative estimate of drug-likeness (QED) is 0.638. The molecule has 0 saturated heterocycles. The van der Waals surface area contributed by atoms with Gasteiger partial charge in [0, 0.05) is 12.2 Å². The van der Waals surface area contributed by atoms with Gasteiger partial charge in [0.2, 0.25) is 5.91 Å². The Morgan fingerprint density at radius 1 is 1.22 bits per heavy atom. The van der Waals surface area contributed by atoms with E-state index < -0.39 is 0 Å². The second-order valence-corrected chi connectivity index (χ2v) is 8.22. The predicted molar refractivity (Wildman–Crippen MR) is 106 cm³/mol. The molecule has 0 aliphatic rings. The van der Waals surface area contributed by atoms with Crippen LogP contribution >= 0.6 is 11.8 Å². The Hall–Kier alpha value is -1.93. The van der Waals surface area contributed by atoms with Crippen LogP contribution in [0.4, 0.5) is 4.39 Å². The number of halogens is 1. The first-order valence-electron chi connectivity index (χ1n) is 9.20. The molecule has 0 unspecified atom stereocenters. The van der Waals surface area contributed by atoms with Crippen molar-refractivity contribution in [3.8, 4) is 5.69 Å². The molecule has 1 atom stereocenters. The third-order valence-electron chi connectivity index (χ3n) is 4.37. The van der Waals surface area contributed by atoms with Crippen molar-refractivity contribution in [1.29, 1.82) is 0 Å². The van der Waals surface area contributed by atoms with E-state index in [0.29, 0.717) is 17.6 Å². The van der Waals surface area contributed by atoms with Crippen LogP contribution in [0.15, 0.2) is 29.4 Å². The molecule has 2 rings (SSSR count). The molecule has 1 aromatic heterocycles. The number of thioether (sulfide) groups is 1. The number of hydrogen-bond donors (Lipinski definition) is 2. The van der Waals surface area contributed by atoms with Gasteiger partial charge in [-0.1, -0.05) is 25.6 Å². The summed E-state index contributed by atoms with van der Waals surface area (Å²) in [6, 6.07) is 6.33. The predicted octanol–water partition coefficient (Wildman–Crippen LogP) is 1.87. The van der Waals surface area contributed by atoms with Crippen molar-refractivity contribution in [1.82, 2.24) is 20.1 Å². The van der Waals surface area contributed by atoms with E-state index in [9.17, 15) is 9.18 Å². The third kappa shape index (κ3) is 6.04. The second-order valence-electron chi connectivity index (χ2n) is 7.27. The molecule has 2 N–H and O–H groups in total. The number of quaternary nitrogens is 1. The molecule has 1 aromatic carbocycles. The Labute approximate surface area is 164 Å². The SMILES string of the molecule is CC(C)CCNC(=O)CSc1nnc([C@@H](C)[NH+](C)C)n1-c1ccc(F)cc1. The zero-order chi connectivity index (χ0) is 20.0. The molecular weight excluding hydrogens is 365 g/mol. The van der Waals surface area contributed by atoms with Crippen molar-refractivity contribution in [2.45, 2.75) is 38.4 Å². The Morgan fingerprint density at radius 3 is 2.48 bits per heavy atom. The summed E-state index contributed by atoms with van der Waals surface area (Å²) >= 11 is 1.34. The molecule has 0 bridgehead atoms. The van der Waals surface area contributed by atoms with Crippen LogP contribution in [0.1, 0.15) is 39.1 Å². The van der Waals surface area contributed by atoms with E-state index >= 15 is 0 Å². The van der Waals surface area contributed by atoms with E-state index in [2.05, 4.69) is 36.3 Å². The van der Waals surface area contributed by atoms with Gasteiger partial charge in [-0.05, 0) is 43.5 Å². The number of rotatable bonds is 9. The van der Waals surface area contributed by atoms with Crippen LogP contribution in [-0.4, -0.2) is 47.1 Å². The number of aromatic nitrogens is 3. The Kier molecular flexibility index (Phi) is 7.79. The lowest BCUT2D eigenvalue weighted by atomic mass is 10.1. The highest BCUT2D eigenvalue weighted by Crippen LogP contribution is 2.24. The lowest BCUT2D eigenvalue weighted by Gasteiger charge is -2.18. The summed E-state index contributed by atoms with van der Waals surface area (Å²) < 4.78 is 15.2. The van der Waals surface area contributed by atoms with Gasteiger partial charge in [0.15, 0.2) is 11.0 Å². The largest absolute Gasteiger partial charge is 0.355 e. The fourth-order valence-corrected chi connectivity index (χ4v) is 3.22. The van der Waals surface area contributed by atoms with Crippen molar-refractivity contribution < 1.29 is 14.1 Å². The lowest BCUT2D eigenvalue weighted by Crippen LogP contribution is -3.05. The van der Waals surface area contributed by atoms with Crippen LogP contribution in [0.25, 0.3) is 5.69 Å². The summed E-state index contributed by atoms with van der Waals surface area (Å²) in [5, 5.41) is 12.2. The molecule has 0 aliphatic heterocycles. The fourth-order valence-electron chi connectivity index (χ4n) is 2.43. The molecule has 0 aliphatic carbocycles. The maximum atomic E-state index is 13.3. The molecule has 6 nitrogen and oxygen atoms in total. The minimum atomic E-state index is -0.293. The van der Waals surface area contributed by atoms with E-state index in [1.54, 1.807) is 12.1 Å². The molecule has 1 heterocycles. The van der Waals surface area contributed by atoms with E-state index in [1.165, 1.54) is 28.8 Å². The molecule has 0 fully saturated rings. The summed E-state index contributed by atoms with van der Waals surface area (Å²) in [4.78, 5) is 13.3. The van der Waals surface area contributed by atoms with Gasteiger partial charge in [-0.25, -0.2) is 4.39 Å². The summed E-state index contributed by atoms with van der Waals surface area (Å²) in [7, 11) is 4.09. The highest BCUT2D eigenvalue weighted by atomic mass is 32.2. The lowest BCUT2D eigenvalue weighted by molar-refractivity contribution is -0.890. The highest BCUT2D eigenvalue weighted by molar-refractivity contribution is 7.99. The van der Waals surface area contributed by atoms with Crippen molar-refractivity contribution in [2.75, 3.05) is 26.4 Å². The van der Waals surface area contributed by atoms with E-state index in [4.69, 9.17) is 0 Å². The van der Waals surface area contributed by atoms with E-state index in [-0.39, 0.29) is 23.5 Å². The summed E-state index contributed by atoms with van der Waals surface area (Å²) in [6.07, 6.45) is 0.954. The average molecular weight is 395 g/mol. The van der Waals surface area contributed by atoms with Gasteiger partial charge < -0.3 is 10.2 Å². The molecular formula is C19H29FN5OS+. The molecule has 148 valence electrons. The number of carbonyl (C=O) groups is 1. The molecule has 0 radical (unpaired) electrons.